The highest BCUT2D eigenvalue weighted by atomic mass is 16.6. The highest BCUT2D eigenvalue weighted by molar-refractivity contribution is 5.95. The maximum Gasteiger partial charge on any atom is 0.335 e. The maximum atomic E-state index is 11.0. The molecule has 8 nitrogen and oxygen atoms in total. The van der Waals surface area contributed by atoms with E-state index in [9.17, 15) is 19.7 Å². The van der Waals surface area contributed by atoms with Gasteiger partial charge in [-0.1, -0.05) is 0 Å². The molecule has 0 saturated carbocycles. The summed E-state index contributed by atoms with van der Waals surface area (Å²) in [4.78, 5) is 31.6. The summed E-state index contributed by atoms with van der Waals surface area (Å²) >= 11 is 0. The Kier molecular flexibility index (Phi) is 4.03. The molecule has 2 rings (SSSR count). The number of hydrogen-bond acceptors (Lipinski definition) is 5. The second kappa shape index (κ2) is 5.92. The summed E-state index contributed by atoms with van der Waals surface area (Å²) in [6.07, 6.45) is 1.82. The third-order valence-corrected chi connectivity index (χ3v) is 2.70. The number of carbonyl (C=O) groups is 2. The molecule has 2 N–H and O–H groups in total. The van der Waals surface area contributed by atoms with Gasteiger partial charge in [-0.2, -0.15) is 0 Å². The minimum absolute atomic E-state index is 0.185. The predicted molar refractivity (Wildman–Crippen MR) is 74.1 cm³/mol. The van der Waals surface area contributed by atoms with Crippen molar-refractivity contribution >= 4 is 18.0 Å². The minimum atomic E-state index is -1.27. The molecule has 1 aromatic heterocycles. The van der Waals surface area contributed by atoms with Crippen LogP contribution < -0.4 is 0 Å². The van der Waals surface area contributed by atoms with Crippen molar-refractivity contribution in [2.75, 3.05) is 0 Å². The third kappa shape index (κ3) is 3.37. The van der Waals surface area contributed by atoms with E-state index in [1.165, 1.54) is 24.3 Å². The van der Waals surface area contributed by atoms with Gasteiger partial charge in [0.15, 0.2) is 0 Å². The number of furan rings is 1. The first-order valence-electron chi connectivity index (χ1n) is 5.90. The number of hydrogen-bond donors (Lipinski definition) is 2. The Labute approximate surface area is 123 Å². The maximum absolute atomic E-state index is 11.0. The van der Waals surface area contributed by atoms with E-state index in [-0.39, 0.29) is 28.2 Å². The van der Waals surface area contributed by atoms with Crippen molar-refractivity contribution in [3.8, 4) is 11.3 Å². The lowest BCUT2D eigenvalue weighted by Gasteiger charge is -2.03. The molecule has 0 fully saturated rings. The first kappa shape index (κ1) is 15.0. The van der Waals surface area contributed by atoms with Gasteiger partial charge in [-0.15, -0.1) is 0 Å². The molecule has 1 aromatic carbocycles. The Bertz CT molecular complexity index is 756. The molecular formula is C14H9NO7. The number of nitrogens with zero attached hydrogens (tertiary/aromatic N) is 1. The van der Waals surface area contributed by atoms with Gasteiger partial charge in [0.2, 0.25) is 6.20 Å². The van der Waals surface area contributed by atoms with Crippen molar-refractivity contribution in [2.24, 2.45) is 0 Å². The molecule has 0 spiro atoms. The number of aromatic carboxylic acids is 2. The average molecular weight is 303 g/mol. The van der Waals surface area contributed by atoms with Crippen LogP contribution in [0.5, 0.6) is 0 Å². The molecule has 0 bridgehead atoms. The Hall–Kier alpha value is -3.42. The molecule has 0 aliphatic carbocycles. The zero-order valence-corrected chi connectivity index (χ0v) is 10.9. The van der Waals surface area contributed by atoms with Gasteiger partial charge >= 0.3 is 11.9 Å². The largest absolute Gasteiger partial charge is 0.478 e. The number of nitro groups is 1. The van der Waals surface area contributed by atoms with Crippen molar-refractivity contribution in [3.63, 3.8) is 0 Å². The Morgan fingerprint density at radius 1 is 1.09 bits per heavy atom. The summed E-state index contributed by atoms with van der Waals surface area (Å²) in [7, 11) is 0. The van der Waals surface area contributed by atoms with E-state index in [1.807, 2.05) is 0 Å². The summed E-state index contributed by atoms with van der Waals surface area (Å²) in [5.41, 5.74) is -0.152. The standard InChI is InChI=1S/C14H9NO7/c16-13(17)9-5-8(6-10(7-9)14(18)19)12-2-1-11(22-12)3-4-15(20)21/h1-7H,(H,16,17)(H,18,19)/b4-3+. The fourth-order valence-electron chi connectivity index (χ4n) is 1.75. The first-order chi connectivity index (χ1) is 10.4. The summed E-state index contributed by atoms with van der Waals surface area (Å²) in [5.74, 6) is -2.16. The highest BCUT2D eigenvalue weighted by Gasteiger charge is 2.14. The lowest BCUT2D eigenvalue weighted by molar-refractivity contribution is -0.401. The second-order valence-corrected chi connectivity index (χ2v) is 4.21. The Balaban J connectivity index is 2.45. The van der Waals surface area contributed by atoms with E-state index in [0.717, 1.165) is 12.1 Å². The van der Waals surface area contributed by atoms with Gasteiger partial charge in [-0.05, 0) is 30.3 Å². The Morgan fingerprint density at radius 3 is 2.18 bits per heavy atom. The van der Waals surface area contributed by atoms with Crippen LogP contribution in [-0.2, 0) is 0 Å². The molecule has 2 aromatic rings. The molecule has 0 radical (unpaired) electrons. The van der Waals surface area contributed by atoms with E-state index < -0.39 is 16.9 Å². The van der Waals surface area contributed by atoms with Crippen LogP contribution in [-0.4, -0.2) is 27.1 Å². The fraction of sp³-hybridized carbons (Fsp3) is 0. The quantitative estimate of drug-likeness (QED) is 0.641. The van der Waals surface area contributed by atoms with Crippen molar-refractivity contribution in [2.45, 2.75) is 0 Å². The predicted octanol–water partition coefficient (Wildman–Crippen LogP) is 2.59. The Morgan fingerprint density at radius 2 is 1.68 bits per heavy atom. The molecule has 0 aliphatic heterocycles. The van der Waals surface area contributed by atoms with Gasteiger partial charge in [0.25, 0.3) is 0 Å². The minimum Gasteiger partial charge on any atom is -0.478 e. The van der Waals surface area contributed by atoms with Gasteiger partial charge in [0, 0.05) is 5.56 Å². The van der Waals surface area contributed by atoms with Crippen LogP contribution in [0.3, 0.4) is 0 Å². The molecular weight excluding hydrogens is 294 g/mol. The molecule has 1 heterocycles. The van der Waals surface area contributed by atoms with Gasteiger partial charge in [-0.3, -0.25) is 10.1 Å². The molecule has 112 valence electrons. The molecule has 0 amide bonds. The number of carboxylic acids is 2. The van der Waals surface area contributed by atoms with Crippen LogP contribution in [0.25, 0.3) is 17.4 Å². The average Bonchev–Trinajstić information content (AvgIpc) is 2.93. The van der Waals surface area contributed by atoms with E-state index in [0.29, 0.717) is 6.20 Å². The van der Waals surface area contributed by atoms with Crippen molar-refractivity contribution < 1.29 is 29.1 Å². The summed E-state index contributed by atoms with van der Waals surface area (Å²) < 4.78 is 5.31. The molecule has 22 heavy (non-hydrogen) atoms. The van der Waals surface area contributed by atoms with Crippen LogP contribution >= 0.6 is 0 Å². The fourth-order valence-corrected chi connectivity index (χ4v) is 1.75. The SMILES string of the molecule is O=C(O)c1cc(C(=O)O)cc(-c2ccc(/C=C/[N+](=O)[O-])o2)c1. The monoisotopic (exact) mass is 303 g/mol. The normalized spacial score (nSPS) is 10.7. The van der Waals surface area contributed by atoms with Crippen molar-refractivity contribution in [1.29, 1.82) is 0 Å². The molecule has 0 atom stereocenters. The third-order valence-electron chi connectivity index (χ3n) is 2.70. The topological polar surface area (TPSA) is 131 Å². The summed E-state index contributed by atoms with van der Waals surface area (Å²) in [5, 5.41) is 28.2. The molecule has 0 unspecified atom stereocenters. The van der Waals surface area contributed by atoms with Crippen LogP contribution in [0.15, 0.2) is 40.9 Å². The number of rotatable bonds is 5. The molecule has 0 saturated heterocycles. The van der Waals surface area contributed by atoms with E-state index in [1.54, 1.807) is 0 Å². The van der Waals surface area contributed by atoms with Crippen molar-refractivity contribution in [1.82, 2.24) is 0 Å². The zero-order chi connectivity index (χ0) is 16.3. The van der Waals surface area contributed by atoms with E-state index in [2.05, 4.69) is 0 Å². The van der Waals surface area contributed by atoms with Crippen molar-refractivity contribution in [3.05, 3.63) is 63.5 Å². The van der Waals surface area contributed by atoms with E-state index >= 15 is 0 Å². The lowest BCUT2D eigenvalue weighted by Crippen LogP contribution is -2.02. The summed E-state index contributed by atoms with van der Waals surface area (Å²) in [6, 6.07) is 6.46. The highest BCUT2D eigenvalue weighted by Crippen LogP contribution is 2.25. The van der Waals surface area contributed by atoms with Gasteiger partial charge in [0.1, 0.15) is 11.5 Å². The molecule has 8 heteroatoms. The smallest absolute Gasteiger partial charge is 0.335 e. The van der Waals surface area contributed by atoms with Gasteiger partial charge in [-0.25, -0.2) is 9.59 Å². The van der Waals surface area contributed by atoms with E-state index in [4.69, 9.17) is 14.6 Å². The zero-order valence-electron chi connectivity index (χ0n) is 10.9. The first-order valence-corrected chi connectivity index (χ1v) is 5.90. The number of benzene rings is 1. The summed E-state index contributed by atoms with van der Waals surface area (Å²) in [6.45, 7) is 0. The van der Waals surface area contributed by atoms with Gasteiger partial charge < -0.3 is 14.6 Å². The molecule has 0 aliphatic rings. The second-order valence-electron chi connectivity index (χ2n) is 4.21. The van der Waals surface area contributed by atoms with Gasteiger partial charge in [0.05, 0.1) is 22.1 Å². The van der Waals surface area contributed by atoms with Crippen LogP contribution in [0.1, 0.15) is 26.5 Å². The van der Waals surface area contributed by atoms with Crippen LogP contribution in [0, 0.1) is 10.1 Å². The lowest BCUT2D eigenvalue weighted by atomic mass is 10.0. The van der Waals surface area contributed by atoms with Crippen LogP contribution in [0.2, 0.25) is 0 Å². The number of carboxylic acid groups (broad SMARTS) is 2. The van der Waals surface area contributed by atoms with Crippen LogP contribution in [0.4, 0.5) is 0 Å².